The number of amides is 1. The molecule has 1 atom stereocenters. The Morgan fingerprint density at radius 1 is 0.946 bits per heavy atom. The predicted octanol–water partition coefficient (Wildman–Crippen LogP) is 3.02. The summed E-state index contributed by atoms with van der Waals surface area (Å²) in [5.41, 5.74) is 1.94. The number of carbonyl (C=O) groups excluding carboxylic acids is 3. The Balaban J connectivity index is 1.67. The average molecular weight is 506 g/mol. The molecule has 0 saturated heterocycles. The number of nitrogens with zero attached hydrogens (tertiary/aromatic N) is 5. The molecular weight excluding hydrogens is 478 g/mol. The fourth-order valence-corrected chi connectivity index (χ4v) is 3.99. The van der Waals surface area contributed by atoms with E-state index in [2.05, 4.69) is 15.4 Å². The van der Waals surface area contributed by atoms with Gasteiger partial charge in [-0.1, -0.05) is 47.7 Å². The molecule has 1 aliphatic heterocycles. The molecule has 1 aromatic heterocycles. The second-order valence-corrected chi connectivity index (χ2v) is 8.03. The van der Waals surface area contributed by atoms with Crippen molar-refractivity contribution in [1.82, 2.24) is 20.0 Å². The van der Waals surface area contributed by atoms with Gasteiger partial charge in [0.25, 0.3) is 5.91 Å². The first-order chi connectivity index (χ1) is 18.0. The number of aromatic nitrogens is 3. The highest BCUT2D eigenvalue weighted by Crippen LogP contribution is 2.34. The van der Waals surface area contributed by atoms with Gasteiger partial charge in [-0.2, -0.15) is 5.10 Å². The van der Waals surface area contributed by atoms with Crippen LogP contribution in [0.1, 0.15) is 58.4 Å². The average Bonchev–Trinajstić information content (AvgIpc) is 3.55. The van der Waals surface area contributed by atoms with Crippen LogP contribution in [0.3, 0.4) is 0 Å². The van der Waals surface area contributed by atoms with E-state index in [-0.39, 0.29) is 24.6 Å². The fraction of sp³-hybridized carbons (Fsp3) is 0.308. The lowest BCUT2D eigenvalue weighted by atomic mass is 9.98. The summed E-state index contributed by atoms with van der Waals surface area (Å²) in [6.45, 7) is 3.02. The van der Waals surface area contributed by atoms with Gasteiger partial charge >= 0.3 is 11.9 Å². The van der Waals surface area contributed by atoms with E-state index in [1.54, 1.807) is 21.0 Å². The number of hydrogen-bond acceptors (Lipinski definition) is 9. The lowest BCUT2D eigenvalue weighted by Gasteiger charge is -2.22. The topological polar surface area (TPSA) is 125 Å². The fourth-order valence-electron chi connectivity index (χ4n) is 3.99. The quantitative estimate of drug-likeness (QED) is 0.407. The Morgan fingerprint density at radius 3 is 2.27 bits per heavy atom. The second-order valence-electron chi connectivity index (χ2n) is 8.03. The van der Waals surface area contributed by atoms with Crippen LogP contribution in [0.5, 0.6) is 5.75 Å². The van der Waals surface area contributed by atoms with E-state index in [1.807, 2.05) is 54.6 Å². The van der Waals surface area contributed by atoms with Crippen LogP contribution in [0.15, 0.2) is 59.7 Å². The van der Waals surface area contributed by atoms with E-state index in [0.29, 0.717) is 12.2 Å². The van der Waals surface area contributed by atoms with E-state index >= 15 is 0 Å². The Labute approximate surface area is 213 Å². The summed E-state index contributed by atoms with van der Waals surface area (Å²) in [7, 11) is 1.58. The molecule has 2 heterocycles. The maximum atomic E-state index is 13.6. The third-order valence-corrected chi connectivity index (χ3v) is 5.73. The highest BCUT2D eigenvalue weighted by Gasteiger charge is 2.35. The molecule has 0 unspecified atom stereocenters. The van der Waals surface area contributed by atoms with Crippen LogP contribution in [0.4, 0.5) is 0 Å². The summed E-state index contributed by atoms with van der Waals surface area (Å²) in [5.74, 6) is -1.41. The van der Waals surface area contributed by atoms with Gasteiger partial charge in [-0.05, 0) is 37.1 Å². The van der Waals surface area contributed by atoms with Gasteiger partial charge in [-0.25, -0.2) is 19.3 Å². The van der Waals surface area contributed by atoms with Gasteiger partial charge in [0.1, 0.15) is 12.3 Å². The molecule has 11 heteroatoms. The summed E-state index contributed by atoms with van der Waals surface area (Å²) >= 11 is 0. The number of hydrazone groups is 1. The van der Waals surface area contributed by atoms with Crippen LogP contribution in [-0.2, 0) is 20.8 Å². The first-order valence-electron chi connectivity index (χ1n) is 11.8. The molecule has 37 heavy (non-hydrogen) atoms. The van der Waals surface area contributed by atoms with Gasteiger partial charge in [0.05, 0.1) is 32.1 Å². The molecular formula is C26H27N5O6. The number of methoxy groups -OCH3 is 1. The zero-order valence-corrected chi connectivity index (χ0v) is 20.8. The SMILES string of the molecule is CCOC(=O)c1nnn(CC(=O)N2N=C(c3ccccc3)C[C@@H]2c2ccc(OC)cc2)c1C(=O)OCC. The maximum Gasteiger partial charge on any atom is 0.361 e. The summed E-state index contributed by atoms with van der Waals surface area (Å²) < 4.78 is 16.4. The number of ether oxygens (including phenoxy) is 3. The molecule has 2 aromatic carbocycles. The molecule has 0 radical (unpaired) electrons. The van der Waals surface area contributed by atoms with Crippen LogP contribution in [-0.4, -0.2) is 63.9 Å². The van der Waals surface area contributed by atoms with Crippen molar-refractivity contribution in [1.29, 1.82) is 0 Å². The Morgan fingerprint density at radius 2 is 1.62 bits per heavy atom. The van der Waals surface area contributed by atoms with Crippen molar-refractivity contribution < 1.29 is 28.6 Å². The number of benzene rings is 2. The van der Waals surface area contributed by atoms with Crippen molar-refractivity contribution in [3.8, 4) is 5.75 Å². The molecule has 192 valence electrons. The van der Waals surface area contributed by atoms with Crippen molar-refractivity contribution in [2.75, 3.05) is 20.3 Å². The van der Waals surface area contributed by atoms with Crippen molar-refractivity contribution in [3.63, 3.8) is 0 Å². The summed E-state index contributed by atoms with van der Waals surface area (Å²) in [5, 5.41) is 13.7. The van der Waals surface area contributed by atoms with Gasteiger partial charge in [-0.3, -0.25) is 4.79 Å². The monoisotopic (exact) mass is 505 g/mol. The van der Waals surface area contributed by atoms with Crippen molar-refractivity contribution in [2.24, 2.45) is 5.10 Å². The predicted molar refractivity (Wildman–Crippen MR) is 132 cm³/mol. The minimum atomic E-state index is -0.829. The van der Waals surface area contributed by atoms with E-state index in [0.717, 1.165) is 21.5 Å². The Bertz CT molecular complexity index is 1300. The smallest absolute Gasteiger partial charge is 0.361 e. The van der Waals surface area contributed by atoms with Crippen LogP contribution in [0.2, 0.25) is 0 Å². The standard InChI is InChI=1S/C26H27N5O6/c1-4-36-25(33)23-24(26(34)37-5-2)30(29-27-23)16-22(32)31-21(18-11-13-19(35-3)14-12-18)15-20(28-31)17-9-7-6-8-10-17/h6-14,21H,4-5,15-16H2,1-3H3/t21-/m1/s1. The van der Waals surface area contributed by atoms with Crippen molar-refractivity contribution in [2.45, 2.75) is 32.9 Å². The lowest BCUT2D eigenvalue weighted by Crippen LogP contribution is -2.32. The van der Waals surface area contributed by atoms with Crippen LogP contribution < -0.4 is 4.74 Å². The summed E-state index contributed by atoms with van der Waals surface area (Å²) in [4.78, 5) is 38.6. The van der Waals surface area contributed by atoms with Gasteiger partial charge in [0, 0.05) is 6.42 Å². The van der Waals surface area contributed by atoms with Gasteiger partial charge in [-0.15, -0.1) is 5.10 Å². The molecule has 3 aromatic rings. The Hall–Kier alpha value is -4.54. The van der Waals surface area contributed by atoms with Gasteiger partial charge < -0.3 is 14.2 Å². The third-order valence-electron chi connectivity index (χ3n) is 5.73. The molecule has 0 spiro atoms. The first kappa shape index (κ1) is 25.5. The zero-order chi connectivity index (χ0) is 26.4. The number of rotatable bonds is 9. The number of esters is 2. The van der Waals surface area contributed by atoms with Crippen LogP contribution in [0, 0.1) is 0 Å². The molecule has 0 aliphatic carbocycles. The minimum absolute atomic E-state index is 0.0661. The van der Waals surface area contributed by atoms with Crippen molar-refractivity contribution >= 4 is 23.6 Å². The van der Waals surface area contributed by atoms with Crippen LogP contribution in [0.25, 0.3) is 0 Å². The van der Waals surface area contributed by atoms with Gasteiger partial charge in [0.15, 0.2) is 5.69 Å². The van der Waals surface area contributed by atoms with E-state index < -0.39 is 30.4 Å². The lowest BCUT2D eigenvalue weighted by molar-refractivity contribution is -0.133. The van der Waals surface area contributed by atoms with E-state index in [4.69, 9.17) is 14.2 Å². The molecule has 11 nitrogen and oxygen atoms in total. The molecule has 0 N–H and O–H groups in total. The van der Waals surface area contributed by atoms with Crippen molar-refractivity contribution in [3.05, 3.63) is 77.1 Å². The molecule has 1 aliphatic rings. The normalized spacial score (nSPS) is 14.7. The Kier molecular flexibility index (Phi) is 7.92. The molecule has 1 amide bonds. The largest absolute Gasteiger partial charge is 0.497 e. The summed E-state index contributed by atoms with van der Waals surface area (Å²) in [6.07, 6.45) is 0.484. The molecule has 0 bridgehead atoms. The highest BCUT2D eigenvalue weighted by atomic mass is 16.5. The van der Waals surface area contributed by atoms with Crippen LogP contribution >= 0.6 is 0 Å². The molecule has 0 saturated carbocycles. The van der Waals surface area contributed by atoms with E-state index in [9.17, 15) is 14.4 Å². The molecule has 4 rings (SSSR count). The van der Waals surface area contributed by atoms with E-state index in [1.165, 1.54) is 5.01 Å². The first-order valence-corrected chi connectivity index (χ1v) is 11.8. The maximum absolute atomic E-state index is 13.6. The van der Waals surface area contributed by atoms with Gasteiger partial charge in [0.2, 0.25) is 5.69 Å². The number of carbonyl (C=O) groups is 3. The number of hydrogen-bond donors (Lipinski definition) is 0. The highest BCUT2D eigenvalue weighted by molar-refractivity contribution is 6.03. The zero-order valence-electron chi connectivity index (χ0n) is 20.8. The summed E-state index contributed by atoms with van der Waals surface area (Å²) in [6, 6.07) is 16.6. The second kappa shape index (κ2) is 11.5. The minimum Gasteiger partial charge on any atom is -0.497 e. The third kappa shape index (κ3) is 5.50. The molecule has 0 fully saturated rings.